The van der Waals surface area contributed by atoms with Crippen LogP contribution in [0.15, 0.2) is 58.3 Å². The van der Waals surface area contributed by atoms with Crippen molar-refractivity contribution in [1.29, 1.82) is 0 Å². The van der Waals surface area contributed by atoms with E-state index in [0.29, 0.717) is 0 Å². The van der Waals surface area contributed by atoms with Crippen molar-refractivity contribution in [1.82, 2.24) is 4.72 Å². The zero-order valence-corrected chi connectivity index (χ0v) is 14.1. The monoisotopic (exact) mass is 370 g/mol. The SMILES string of the molecule is CNS(=O)(=O)c1ccc(S(=O)(=O)Nc2ccc(C(=O)O)cc2)cc1. The lowest BCUT2D eigenvalue weighted by Crippen LogP contribution is -2.19. The summed E-state index contributed by atoms with van der Waals surface area (Å²) in [5, 5.41) is 8.81. The Morgan fingerprint density at radius 2 is 1.29 bits per heavy atom. The summed E-state index contributed by atoms with van der Waals surface area (Å²) in [6.07, 6.45) is 0. The van der Waals surface area contributed by atoms with Gasteiger partial charge in [0.1, 0.15) is 0 Å². The van der Waals surface area contributed by atoms with Gasteiger partial charge in [0.25, 0.3) is 10.0 Å². The third kappa shape index (κ3) is 3.91. The van der Waals surface area contributed by atoms with Crippen molar-refractivity contribution in [2.24, 2.45) is 0 Å². The van der Waals surface area contributed by atoms with Crippen molar-refractivity contribution in [3.05, 3.63) is 54.1 Å². The molecule has 2 aromatic rings. The lowest BCUT2D eigenvalue weighted by Gasteiger charge is -2.09. The fraction of sp³-hybridized carbons (Fsp3) is 0.0714. The molecular formula is C14H14N2O6S2. The van der Waals surface area contributed by atoms with Crippen LogP contribution in [0.25, 0.3) is 0 Å². The van der Waals surface area contributed by atoms with Crippen molar-refractivity contribution >= 4 is 31.7 Å². The Bertz CT molecular complexity index is 949. The molecule has 0 fully saturated rings. The highest BCUT2D eigenvalue weighted by atomic mass is 32.2. The number of aromatic carboxylic acids is 1. The number of carbonyl (C=O) groups is 1. The summed E-state index contributed by atoms with van der Waals surface area (Å²) < 4.78 is 52.2. The second-order valence-corrected chi connectivity index (χ2v) is 8.24. The number of sulfonamides is 2. The van der Waals surface area contributed by atoms with E-state index in [4.69, 9.17) is 5.11 Å². The maximum Gasteiger partial charge on any atom is 0.335 e. The van der Waals surface area contributed by atoms with Gasteiger partial charge in [-0.2, -0.15) is 0 Å². The van der Waals surface area contributed by atoms with Gasteiger partial charge >= 0.3 is 5.97 Å². The highest BCUT2D eigenvalue weighted by molar-refractivity contribution is 7.92. The highest BCUT2D eigenvalue weighted by Crippen LogP contribution is 2.18. The summed E-state index contributed by atoms with van der Waals surface area (Å²) in [6, 6.07) is 9.85. The Labute approximate surface area is 139 Å². The molecule has 0 heterocycles. The maximum absolute atomic E-state index is 12.3. The minimum atomic E-state index is -3.93. The predicted molar refractivity (Wildman–Crippen MR) is 86.9 cm³/mol. The molecule has 8 nitrogen and oxygen atoms in total. The largest absolute Gasteiger partial charge is 0.478 e. The molecule has 10 heteroatoms. The number of hydrogen-bond donors (Lipinski definition) is 3. The number of nitrogens with one attached hydrogen (secondary N) is 2. The molecule has 2 rings (SSSR count). The van der Waals surface area contributed by atoms with E-state index in [1.165, 1.54) is 43.4 Å². The van der Waals surface area contributed by atoms with Gasteiger partial charge in [-0.25, -0.2) is 26.4 Å². The Balaban J connectivity index is 2.25. The minimum Gasteiger partial charge on any atom is -0.478 e. The number of carboxylic acid groups (broad SMARTS) is 1. The van der Waals surface area contributed by atoms with Crippen molar-refractivity contribution in [2.45, 2.75) is 9.79 Å². The smallest absolute Gasteiger partial charge is 0.335 e. The van der Waals surface area contributed by atoms with E-state index in [0.717, 1.165) is 12.1 Å². The van der Waals surface area contributed by atoms with Crippen LogP contribution < -0.4 is 9.44 Å². The van der Waals surface area contributed by atoms with Crippen LogP contribution in [0.5, 0.6) is 0 Å². The molecule has 0 aromatic heterocycles. The first-order valence-electron chi connectivity index (χ1n) is 6.55. The molecule has 0 aliphatic heterocycles. The van der Waals surface area contributed by atoms with Gasteiger partial charge in [0.15, 0.2) is 0 Å². The Morgan fingerprint density at radius 1 is 0.833 bits per heavy atom. The van der Waals surface area contributed by atoms with Gasteiger partial charge in [0.2, 0.25) is 10.0 Å². The van der Waals surface area contributed by atoms with Crippen molar-refractivity contribution in [3.63, 3.8) is 0 Å². The third-order valence-corrected chi connectivity index (χ3v) is 5.92. The lowest BCUT2D eigenvalue weighted by molar-refractivity contribution is 0.0697. The van der Waals surface area contributed by atoms with E-state index in [9.17, 15) is 21.6 Å². The van der Waals surface area contributed by atoms with Crippen LogP contribution in [0.2, 0.25) is 0 Å². The molecule has 0 unspecified atom stereocenters. The summed E-state index contributed by atoms with van der Waals surface area (Å²) in [5.74, 6) is -1.12. The van der Waals surface area contributed by atoms with Crippen LogP contribution >= 0.6 is 0 Å². The summed E-state index contributed by atoms with van der Waals surface area (Å²) in [6.45, 7) is 0. The van der Waals surface area contributed by atoms with E-state index in [-0.39, 0.29) is 21.0 Å². The molecule has 128 valence electrons. The lowest BCUT2D eigenvalue weighted by atomic mass is 10.2. The molecule has 0 spiro atoms. The zero-order chi connectivity index (χ0) is 18.0. The average Bonchev–Trinajstić information content (AvgIpc) is 2.55. The molecule has 0 bridgehead atoms. The number of rotatable bonds is 6. The fourth-order valence-electron chi connectivity index (χ4n) is 1.81. The topological polar surface area (TPSA) is 130 Å². The van der Waals surface area contributed by atoms with Gasteiger partial charge in [-0.05, 0) is 55.6 Å². The number of anilines is 1. The predicted octanol–water partition coefficient (Wildman–Crippen LogP) is 1.09. The first kappa shape index (κ1) is 17.9. The van der Waals surface area contributed by atoms with Gasteiger partial charge in [-0.15, -0.1) is 0 Å². The van der Waals surface area contributed by atoms with Crippen LogP contribution in [-0.2, 0) is 20.0 Å². The number of benzene rings is 2. The number of hydrogen-bond acceptors (Lipinski definition) is 5. The molecule has 0 atom stereocenters. The fourth-order valence-corrected chi connectivity index (χ4v) is 3.60. The van der Waals surface area contributed by atoms with Gasteiger partial charge in [0.05, 0.1) is 15.4 Å². The quantitative estimate of drug-likeness (QED) is 0.698. The molecule has 0 saturated carbocycles. The highest BCUT2D eigenvalue weighted by Gasteiger charge is 2.17. The summed E-state index contributed by atoms with van der Waals surface area (Å²) in [7, 11) is -6.33. The number of carboxylic acids is 1. The Kier molecular flexibility index (Phi) is 4.92. The summed E-state index contributed by atoms with van der Waals surface area (Å²) in [5.41, 5.74) is 0.214. The van der Waals surface area contributed by atoms with Crippen LogP contribution in [0.3, 0.4) is 0 Å². The molecule has 24 heavy (non-hydrogen) atoms. The van der Waals surface area contributed by atoms with Crippen LogP contribution in [0.1, 0.15) is 10.4 Å². The first-order valence-corrected chi connectivity index (χ1v) is 9.52. The van der Waals surface area contributed by atoms with Crippen molar-refractivity contribution in [2.75, 3.05) is 11.8 Å². The van der Waals surface area contributed by atoms with E-state index < -0.39 is 26.0 Å². The van der Waals surface area contributed by atoms with Crippen LogP contribution in [0, 0.1) is 0 Å². The summed E-state index contributed by atoms with van der Waals surface area (Å²) >= 11 is 0. The van der Waals surface area contributed by atoms with Gasteiger partial charge < -0.3 is 5.11 Å². The molecule has 0 radical (unpaired) electrons. The van der Waals surface area contributed by atoms with Crippen LogP contribution in [-0.4, -0.2) is 35.0 Å². The molecule has 0 aliphatic rings. The normalized spacial score (nSPS) is 11.9. The molecule has 0 amide bonds. The second-order valence-electron chi connectivity index (χ2n) is 4.67. The van der Waals surface area contributed by atoms with E-state index in [1.807, 2.05) is 0 Å². The molecular weight excluding hydrogens is 356 g/mol. The third-order valence-electron chi connectivity index (χ3n) is 3.10. The van der Waals surface area contributed by atoms with Crippen LogP contribution in [0.4, 0.5) is 5.69 Å². The van der Waals surface area contributed by atoms with Gasteiger partial charge in [0, 0.05) is 5.69 Å². The maximum atomic E-state index is 12.3. The van der Waals surface area contributed by atoms with E-state index in [2.05, 4.69) is 9.44 Å². The average molecular weight is 370 g/mol. The van der Waals surface area contributed by atoms with Gasteiger partial charge in [-0.1, -0.05) is 0 Å². The molecule has 0 aliphatic carbocycles. The standard InChI is InChI=1S/C14H14N2O6S2/c1-15-23(19,20)12-6-8-13(9-7-12)24(21,22)16-11-4-2-10(3-5-11)14(17)18/h2-9,15-16H,1H3,(H,17,18). The van der Waals surface area contributed by atoms with E-state index >= 15 is 0 Å². The molecule has 0 saturated heterocycles. The molecule has 3 N–H and O–H groups in total. The first-order chi connectivity index (χ1) is 11.2. The second kappa shape index (κ2) is 6.59. The molecule has 2 aromatic carbocycles. The minimum absolute atomic E-state index is 0.0274. The zero-order valence-electron chi connectivity index (χ0n) is 12.4. The van der Waals surface area contributed by atoms with Crippen molar-refractivity contribution < 1.29 is 26.7 Å². The van der Waals surface area contributed by atoms with Gasteiger partial charge in [-0.3, -0.25) is 4.72 Å². The Morgan fingerprint density at radius 3 is 1.71 bits per heavy atom. The Hall–Kier alpha value is -2.43. The van der Waals surface area contributed by atoms with E-state index in [1.54, 1.807) is 0 Å². The summed E-state index contributed by atoms with van der Waals surface area (Å²) in [4.78, 5) is 10.6. The van der Waals surface area contributed by atoms with Crippen molar-refractivity contribution in [3.8, 4) is 0 Å².